The van der Waals surface area contributed by atoms with E-state index in [0.29, 0.717) is 43.3 Å². The molecule has 3 aromatic rings. The van der Waals surface area contributed by atoms with Gasteiger partial charge in [-0.15, -0.1) is 11.3 Å². The summed E-state index contributed by atoms with van der Waals surface area (Å²) in [5, 5.41) is 1.73. The molecule has 0 aliphatic carbocycles. The first-order valence-corrected chi connectivity index (χ1v) is 12.5. The highest BCUT2D eigenvalue weighted by molar-refractivity contribution is 7.93. The summed E-state index contributed by atoms with van der Waals surface area (Å²) in [4.78, 5) is 18.0. The Morgan fingerprint density at radius 1 is 1.21 bits per heavy atom. The molecule has 0 unspecified atom stereocenters. The van der Waals surface area contributed by atoms with Crippen molar-refractivity contribution in [3.63, 3.8) is 0 Å². The standard InChI is InChI=1S/C22H22FN3O5S2/c1-30-20-5-3-2-4-18(20)17-7-6-16(13-19(17)23)33(28,29)25-22-24-15(14-32-22)12-21(27)26-8-10-31-11-9-26/h2-7,13-14H,8-12H2,1H3,(H,24,25). The lowest BCUT2D eigenvalue weighted by molar-refractivity contribution is -0.134. The maximum absolute atomic E-state index is 14.8. The van der Waals surface area contributed by atoms with Crippen LogP contribution in [0.2, 0.25) is 0 Å². The number of carbonyl (C=O) groups excluding carboxylic acids is 1. The van der Waals surface area contributed by atoms with Crippen molar-refractivity contribution in [3.05, 3.63) is 59.4 Å². The number of methoxy groups -OCH3 is 1. The van der Waals surface area contributed by atoms with E-state index in [1.807, 2.05) is 0 Å². The SMILES string of the molecule is COc1ccccc1-c1ccc(S(=O)(=O)Nc2nc(CC(=O)N3CCOCC3)cs2)cc1F. The van der Waals surface area contributed by atoms with Crippen LogP contribution in [-0.4, -0.2) is 57.6 Å². The van der Waals surface area contributed by atoms with E-state index in [1.54, 1.807) is 34.5 Å². The summed E-state index contributed by atoms with van der Waals surface area (Å²) in [7, 11) is -2.59. The second kappa shape index (κ2) is 9.86. The second-order valence-corrected chi connectivity index (χ2v) is 9.80. The topological polar surface area (TPSA) is 97.8 Å². The molecule has 1 saturated heterocycles. The van der Waals surface area contributed by atoms with Gasteiger partial charge in [-0.05, 0) is 24.3 Å². The van der Waals surface area contributed by atoms with Gasteiger partial charge in [0.15, 0.2) is 5.13 Å². The van der Waals surface area contributed by atoms with Gasteiger partial charge in [0, 0.05) is 29.6 Å². The van der Waals surface area contributed by atoms with Crippen LogP contribution in [-0.2, 0) is 26.0 Å². The first-order chi connectivity index (χ1) is 15.9. The highest BCUT2D eigenvalue weighted by atomic mass is 32.2. The van der Waals surface area contributed by atoms with Gasteiger partial charge in [0.25, 0.3) is 10.0 Å². The number of carbonyl (C=O) groups is 1. The highest BCUT2D eigenvalue weighted by Gasteiger charge is 2.21. The molecule has 0 radical (unpaired) electrons. The summed E-state index contributed by atoms with van der Waals surface area (Å²) in [6, 6.07) is 10.6. The summed E-state index contributed by atoms with van der Waals surface area (Å²) in [5.74, 6) is -0.308. The quantitative estimate of drug-likeness (QED) is 0.545. The zero-order valence-electron chi connectivity index (χ0n) is 17.8. The molecule has 0 bridgehead atoms. The van der Waals surface area contributed by atoms with Crippen LogP contribution in [0.15, 0.2) is 52.7 Å². The Morgan fingerprint density at radius 2 is 1.97 bits per heavy atom. The van der Waals surface area contributed by atoms with Crippen LogP contribution in [0.1, 0.15) is 5.69 Å². The van der Waals surface area contributed by atoms with Crippen LogP contribution >= 0.6 is 11.3 Å². The average Bonchev–Trinajstić information content (AvgIpc) is 3.25. The molecule has 1 fully saturated rings. The van der Waals surface area contributed by atoms with Crippen LogP contribution in [0.3, 0.4) is 0 Å². The molecule has 8 nitrogen and oxygen atoms in total. The van der Waals surface area contributed by atoms with Gasteiger partial charge in [-0.2, -0.15) is 0 Å². The number of amides is 1. The fourth-order valence-electron chi connectivity index (χ4n) is 3.44. The minimum Gasteiger partial charge on any atom is -0.496 e. The Morgan fingerprint density at radius 3 is 2.70 bits per heavy atom. The smallest absolute Gasteiger partial charge is 0.263 e. The Kier molecular flexibility index (Phi) is 6.91. The molecule has 1 aromatic heterocycles. The number of aromatic nitrogens is 1. The number of hydrogen-bond acceptors (Lipinski definition) is 7. The third-order valence-corrected chi connectivity index (χ3v) is 7.39. The molecule has 174 valence electrons. The molecule has 0 spiro atoms. The summed E-state index contributed by atoms with van der Waals surface area (Å²) in [5.41, 5.74) is 1.21. The molecule has 0 saturated carbocycles. The second-order valence-electron chi connectivity index (χ2n) is 7.26. The van der Waals surface area contributed by atoms with Crippen LogP contribution in [0, 0.1) is 5.82 Å². The van der Waals surface area contributed by atoms with E-state index >= 15 is 0 Å². The first-order valence-electron chi connectivity index (χ1n) is 10.1. The van der Waals surface area contributed by atoms with Gasteiger partial charge in [-0.1, -0.05) is 18.2 Å². The van der Waals surface area contributed by atoms with E-state index in [2.05, 4.69) is 9.71 Å². The Balaban J connectivity index is 1.48. The van der Waals surface area contributed by atoms with Crippen molar-refractivity contribution in [2.45, 2.75) is 11.3 Å². The molecule has 1 N–H and O–H groups in total. The van der Waals surface area contributed by atoms with Crippen molar-refractivity contribution in [2.75, 3.05) is 38.1 Å². The number of nitrogens with one attached hydrogen (secondary N) is 1. The van der Waals surface area contributed by atoms with Gasteiger partial charge in [0.2, 0.25) is 5.91 Å². The first kappa shape index (κ1) is 23.1. The minimum atomic E-state index is -4.07. The number of nitrogens with zero attached hydrogens (tertiary/aromatic N) is 2. The van der Waals surface area contributed by atoms with Crippen LogP contribution < -0.4 is 9.46 Å². The number of morpholine rings is 1. The van der Waals surface area contributed by atoms with Crippen molar-refractivity contribution < 1.29 is 27.1 Å². The van der Waals surface area contributed by atoms with E-state index < -0.39 is 15.8 Å². The molecule has 0 atom stereocenters. The maximum atomic E-state index is 14.8. The van der Waals surface area contributed by atoms with E-state index in [1.165, 1.54) is 19.2 Å². The number of benzene rings is 2. The fraction of sp³-hybridized carbons (Fsp3) is 0.273. The van der Waals surface area contributed by atoms with Crippen molar-refractivity contribution in [2.24, 2.45) is 0 Å². The number of thiazole rings is 1. The van der Waals surface area contributed by atoms with Crippen LogP contribution in [0.5, 0.6) is 5.75 Å². The van der Waals surface area contributed by atoms with Gasteiger partial charge < -0.3 is 14.4 Å². The monoisotopic (exact) mass is 491 g/mol. The molecule has 1 amide bonds. The van der Waals surface area contributed by atoms with Gasteiger partial charge in [-0.25, -0.2) is 17.8 Å². The summed E-state index contributed by atoms with van der Waals surface area (Å²) in [6.07, 6.45) is 0.0699. The van der Waals surface area contributed by atoms with Crippen molar-refractivity contribution in [3.8, 4) is 16.9 Å². The highest BCUT2D eigenvalue weighted by Crippen LogP contribution is 2.33. The number of para-hydroxylation sites is 1. The average molecular weight is 492 g/mol. The number of rotatable bonds is 7. The Bertz CT molecular complexity index is 1260. The maximum Gasteiger partial charge on any atom is 0.263 e. The number of sulfonamides is 1. The summed E-state index contributed by atoms with van der Waals surface area (Å²) < 4.78 is 53.2. The minimum absolute atomic E-state index is 0.0699. The fourth-order valence-corrected chi connectivity index (χ4v) is 5.41. The largest absolute Gasteiger partial charge is 0.496 e. The van der Waals surface area contributed by atoms with E-state index in [9.17, 15) is 17.6 Å². The predicted octanol–water partition coefficient (Wildman–Crippen LogP) is 3.16. The van der Waals surface area contributed by atoms with E-state index in [-0.39, 0.29) is 27.9 Å². The molecule has 2 heterocycles. The molecular formula is C22H22FN3O5S2. The normalized spacial score (nSPS) is 14.2. The number of hydrogen-bond donors (Lipinski definition) is 1. The number of ether oxygens (including phenoxy) is 2. The van der Waals surface area contributed by atoms with Gasteiger partial charge in [-0.3, -0.25) is 9.52 Å². The van der Waals surface area contributed by atoms with Crippen molar-refractivity contribution >= 4 is 32.4 Å². The van der Waals surface area contributed by atoms with Gasteiger partial charge in [0.05, 0.1) is 37.3 Å². The molecule has 4 rings (SSSR count). The van der Waals surface area contributed by atoms with Crippen molar-refractivity contribution in [1.29, 1.82) is 0 Å². The molecule has 1 aliphatic heterocycles. The summed E-state index contributed by atoms with van der Waals surface area (Å²) >= 11 is 1.06. The van der Waals surface area contributed by atoms with E-state index in [0.717, 1.165) is 17.4 Å². The molecular weight excluding hydrogens is 469 g/mol. The lowest BCUT2D eigenvalue weighted by atomic mass is 10.0. The van der Waals surface area contributed by atoms with E-state index in [4.69, 9.17) is 9.47 Å². The lowest BCUT2D eigenvalue weighted by Gasteiger charge is -2.26. The van der Waals surface area contributed by atoms with Gasteiger partial charge >= 0.3 is 0 Å². The van der Waals surface area contributed by atoms with Crippen LogP contribution in [0.25, 0.3) is 11.1 Å². The van der Waals surface area contributed by atoms with Crippen molar-refractivity contribution in [1.82, 2.24) is 9.88 Å². The lowest BCUT2D eigenvalue weighted by Crippen LogP contribution is -2.41. The zero-order chi connectivity index (χ0) is 23.4. The Hall–Kier alpha value is -3.02. The zero-order valence-corrected chi connectivity index (χ0v) is 19.4. The molecule has 2 aromatic carbocycles. The third-order valence-electron chi connectivity index (χ3n) is 5.12. The number of halogens is 1. The molecule has 1 aliphatic rings. The molecule has 11 heteroatoms. The summed E-state index contributed by atoms with van der Waals surface area (Å²) in [6.45, 7) is 2.05. The molecule has 33 heavy (non-hydrogen) atoms. The third kappa shape index (κ3) is 5.32. The Labute approximate surface area is 195 Å². The number of anilines is 1. The van der Waals surface area contributed by atoms with Gasteiger partial charge in [0.1, 0.15) is 11.6 Å². The van der Waals surface area contributed by atoms with Crippen LogP contribution in [0.4, 0.5) is 9.52 Å². The predicted molar refractivity (Wildman–Crippen MR) is 122 cm³/mol.